The summed E-state index contributed by atoms with van der Waals surface area (Å²) in [7, 11) is -3.44. The Kier molecular flexibility index (Phi) is 5.74. The molecule has 4 nitrogen and oxygen atoms in total. The molecule has 7 heteroatoms. The fourth-order valence-corrected chi connectivity index (χ4v) is 3.40. The molecule has 0 aliphatic heterocycles. The van der Waals surface area contributed by atoms with E-state index in [1.54, 1.807) is 30.3 Å². The van der Waals surface area contributed by atoms with Crippen LogP contribution in [0.15, 0.2) is 48.5 Å². The van der Waals surface area contributed by atoms with Crippen molar-refractivity contribution in [2.75, 3.05) is 11.1 Å². The molecular formula is C16H15ClFNO3S. The highest BCUT2D eigenvalue weighted by molar-refractivity contribution is 7.90. The zero-order valence-electron chi connectivity index (χ0n) is 12.1. The minimum absolute atomic E-state index is 0.0348. The Morgan fingerprint density at radius 3 is 2.39 bits per heavy atom. The summed E-state index contributed by atoms with van der Waals surface area (Å²) < 4.78 is 37.4. The van der Waals surface area contributed by atoms with Crippen LogP contribution in [0.4, 0.5) is 10.1 Å². The lowest BCUT2D eigenvalue weighted by molar-refractivity contribution is -0.115. The standard InChI is InChI=1S/C16H15ClFNO3S/c17-13-7-5-12(6-8-13)11-23(21,22)10-9-16(20)19-15-4-2-1-3-14(15)18/h1-8H,9-11H2,(H,19,20). The molecule has 122 valence electrons. The first-order valence-electron chi connectivity index (χ1n) is 6.85. The van der Waals surface area contributed by atoms with Gasteiger partial charge in [-0.2, -0.15) is 0 Å². The number of hydrogen-bond acceptors (Lipinski definition) is 3. The van der Waals surface area contributed by atoms with Gasteiger partial charge < -0.3 is 5.32 Å². The van der Waals surface area contributed by atoms with E-state index in [-0.39, 0.29) is 23.6 Å². The fourth-order valence-electron chi connectivity index (χ4n) is 1.93. The third-order valence-electron chi connectivity index (χ3n) is 3.09. The van der Waals surface area contributed by atoms with Gasteiger partial charge in [-0.3, -0.25) is 4.79 Å². The molecule has 1 N–H and O–H groups in total. The van der Waals surface area contributed by atoms with Gasteiger partial charge in [-0.15, -0.1) is 0 Å². The lowest BCUT2D eigenvalue weighted by Crippen LogP contribution is -2.18. The van der Waals surface area contributed by atoms with Crippen molar-refractivity contribution < 1.29 is 17.6 Å². The normalized spacial score (nSPS) is 11.2. The molecule has 0 radical (unpaired) electrons. The first kappa shape index (κ1) is 17.4. The summed E-state index contributed by atoms with van der Waals surface area (Å²) in [6.07, 6.45) is -0.232. The molecule has 1 amide bonds. The van der Waals surface area contributed by atoms with Gasteiger partial charge in [0.05, 0.1) is 17.2 Å². The molecule has 0 saturated heterocycles. The Labute approximate surface area is 139 Å². The average molecular weight is 356 g/mol. The highest BCUT2D eigenvalue weighted by Gasteiger charge is 2.15. The van der Waals surface area contributed by atoms with Crippen molar-refractivity contribution in [3.8, 4) is 0 Å². The van der Waals surface area contributed by atoms with Crippen molar-refractivity contribution in [2.45, 2.75) is 12.2 Å². The number of hydrogen-bond donors (Lipinski definition) is 1. The molecule has 0 spiro atoms. The van der Waals surface area contributed by atoms with Crippen LogP contribution in [0.2, 0.25) is 5.02 Å². The third-order valence-corrected chi connectivity index (χ3v) is 4.94. The summed E-state index contributed by atoms with van der Waals surface area (Å²) >= 11 is 5.74. The molecule has 0 fully saturated rings. The van der Waals surface area contributed by atoms with Crippen LogP contribution in [-0.4, -0.2) is 20.1 Å². The number of amides is 1. The van der Waals surface area contributed by atoms with Gasteiger partial charge in [0.15, 0.2) is 9.84 Å². The fraction of sp³-hybridized carbons (Fsp3) is 0.188. The highest BCUT2D eigenvalue weighted by Crippen LogP contribution is 2.14. The smallest absolute Gasteiger partial charge is 0.225 e. The first-order chi connectivity index (χ1) is 10.9. The van der Waals surface area contributed by atoms with E-state index in [4.69, 9.17) is 11.6 Å². The topological polar surface area (TPSA) is 63.2 Å². The van der Waals surface area contributed by atoms with Crippen molar-refractivity contribution in [2.24, 2.45) is 0 Å². The number of sulfone groups is 1. The predicted octanol–water partition coefficient (Wildman–Crippen LogP) is 3.42. The Morgan fingerprint density at radius 1 is 1.09 bits per heavy atom. The van der Waals surface area contributed by atoms with Crippen molar-refractivity contribution >= 4 is 33.0 Å². The summed E-state index contributed by atoms with van der Waals surface area (Å²) in [6.45, 7) is 0. The van der Waals surface area contributed by atoms with Gasteiger partial charge >= 0.3 is 0 Å². The number of carbonyl (C=O) groups is 1. The van der Waals surface area contributed by atoms with Gasteiger partial charge in [0.1, 0.15) is 5.82 Å². The van der Waals surface area contributed by atoms with Gasteiger partial charge in [0, 0.05) is 11.4 Å². The lowest BCUT2D eigenvalue weighted by Gasteiger charge is -2.07. The number of nitrogens with one attached hydrogen (secondary N) is 1. The summed E-state index contributed by atoms with van der Waals surface area (Å²) in [6, 6.07) is 12.2. The second-order valence-electron chi connectivity index (χ2n) is 5.00. The van der Waals surface area contributed by atoms with E-state index in [2.05, 4.69) is 5.32 Å². The molecule has 0 heterocycles. The van der Waals surface area contributed by atoms with E-state index in [1.807, 2.05) is 0 Å². The predicted molar refractivity (Wildman–Crippen MR) is 88.6 cm³/mol. The molecular weight excluding hydrogens is 341 g/mol. The molecule has 23 heavy (non-hydrogen) atoms. The minimum atomic E-state index is -3.44. The highest BCUT2D eigenvalue weighted by atomic mass is 35.5. The van der Waals surface area contributed by atoms with Crippen molar-refractivity contribution in [1.29, 1.82) is 0 Å². The molecule has 0 unspecified atom stereocenters. The van der Waals surface area contributed by atoms with E-state index in [1.165, 1.54) is 18.2 Å². The third kappa shape index (κ3) is 5.65. The lowest BCUT2D eigenvalue weighted by atomic mass is 10.2. The van der Waals surface area contributed by atoms with Gasteiger partial charge in [-0.1, -0.05) is 35.9 Å². The number of anilines is 1. The molecule has 0 aromatic heterocycles. The minimum Gasteiger partial charge on any atom is -0.324 e. The van der Waals surface area contributed by atoms with Crippen LogP contribution in [0.5, 0.6) is 0 Å². The largest absolute Gasteiger partial charge is 0.324 e. The van der Waals surface area contributed by atoms with Gasteiger partial charge in [-0.25, -0.2) is 12.8 Å². The Hall–Kier alpha value is -1.92. The first-order valence-corrected chi connectivity index (χ1v) is 9.05. The molecule has 0 saturated carbocycles. The molecule has 2 aromatic rings. The van der Waals surface area contributed by atoms with E-state index in [9.17, 15) is 17.6 Å². The Balaban J connectivity index is 1.90. The monoisotopic (exact) mass is 355 g/mol. The number of benzene rings is 2. The zero-order valence-corrected chi connectivity index (χ0v) is 13.7. The maximum atomic E-state index is 13.4. The summed E-state index contributed by atoms with van der Waals surface area (Å²) in [5, 5.41) is 2.88. The second-order valence-corrected chi connectivity index (χ2v) is 7.62. The van der Waals surface area contributed by atoms with Crippen LogP contribution in [0.1, 0.15) is 12.0 Å². The van der Waals surface area contributed by atoms with E-state index >= 15 is 0 Å². The summed E-state index contributed by atoms with van der Waals surface area (Å²) in [4.78, 5) is 11.7. The summed E-state index contributed by atoms with van der Waals surface area (Å²) in [5.41, 5.74) is 0.636. The van der Waals surface area contributed by atoms with Crippen LogP contribution >= 0.6 is 11.6 Å². The van der Waals surface area contributed by atoms with Crippen LogP contribution < -0.4 is 5.32 Å². The van der Waals surface area contributed by atoms with Crippen molar-refractivity contribution in [3.05, 3.63) is 64.9 Å². The number of para-hydroxylation sites is 1. The Morgan fingerprint density at radius 2 is 1.74 bits per heavy atom. The number of rotatable bonds is 6. The van der Waals surface area contributed by atoms with Crippen molar-refractivity contribution in [1.82, 2.24) is 0 Å². The van der Waals surface area contributed by atoms with E-state index in [0.717, 1.165) is 0 Å². The quantitative estimate of drug-likeness (QED) is 0.863. The SMILES string of the molecule is O=C(CCS(=O)(=O)Cc1ccc(Cl)cc1)Nc1ccccc1F. The average Bonchev–Trinajstić information content (AvgIpc) is 2.50. The van der Waals surface area contributed by atoms with E-state index < -0.39 is 21.6 Å². The summed E-state index contributed by atoms with van der Waals surface area (Å²) in [5.74, 6) is -1.59. The maximum Gasteiger partial charge on any atom is 0.225 e. The van der Waals surface area contributed by atoms with E-state index in [0.29, 0.717) is 10.6 Å². The van der Waals surface area contributed by atoms with Gasteiger partial charge in [-0.05, 0) is 29.8 Å². The van der Waals surface area contributed by atoms with Gasteiger partial charge in [0.25, 0.3) is 0 Å². The second kappa shape index (κ2) is 7.57. The van der Waals surface area contributed by atoms with Crippen LogP contribution in [-0.2, 0) is 20.4 Å². The number of carbonyl (C=O) groups excluding carboxylic acids is 1. The Bertz CT molecular complexity index is 791. The number of halogens is 2. The molecule has 0 atom stereocenters. The van der Waals surface area contributed by atoms with Gasteiger partial charge in [0.2, 0.25) is 5.91 Å². The van der Waals surface area contributed by atoms with Crippen LogP contribution in [0, 0.1) is 5.82 Å². The molecule has 2 aromatic carbocycles. The molecule has 0 aliphatic rings. The maximum absolute atomic E-state index is 13.4. The molecule has 2 rings (SSSR count). The van der Waals surface area contributed by atoms with Crippen molar-refractivity contribution in [3.63, 3.8) is 0 Å². The van der Waals surface area contributed by atoms with Crippen LogP contribution in [0.25, 0.3) is 0 Å². The van der Waals surface area contributed by atoms with Crippen LogP contribution in [0.3, 0.4) is 0 Å². The molecule has 0 aliphatic carbocycles. The zero-order chi connectivity index (χ0) is 16.9. The molecule has 0 bridgehead atoms.